The van der Waals surface area contributed by atoms with Crippen molar-refractivity contribution in [3.63, 3.8) is 0 Å². The zero-order chi connectivity index (χ0) is 13.4. The third kappa shape index (κ3) is 1.97. The Kier molecular flexibility index (Phi) is 2.75. The van der Waals surface area contributed by atoms with E-state index in [9.17, 15) is 4.79 Å². The summed E-state index contributed by atoms with van der Waals surface area (Å²) in [5, 5.41) is 0. The molecule has 1 aliphatic rings. The number of nitrogens with two attached hydrogens (primary N) is 2. The number of carbonyl (C=O) groups is 1. The highest BCUT2D eigenvalue weighted by Crippen LogP contribution is 2.32. The van der Waals surface area contributed by atoms with E-state index in [0.29, 0.717) is 11.3 Å². The topological polar surface area (TPSA) is 69.1 Å². The molecule has 0 spiro atoms. The number of nitrogen functional groups attached to an aromatic ring is 1. The molecule has 2 aromatic rings. The number of fused-ring (bicyclic) bond motifs is 1. The van der Waals surface area contributed by atoms with Crippen molar-refractivity contribution < 1.29 is 4.79 Å². The predicted octanol–water partition coefficient (Wildman–Crippen LogP) is 2.52. The number of hydrogen-bond acceptors (Lipinski definition) is 2. The van der Waals surface area contributed by atoms with E-state index in [4.69, 9.17) is 11.5 Å². The third-order valence-electron chi connectivity index (χ3n) is 3.78. The molecular formula is C16H16N2O. The lowest BCUT2D eigenvalue weighted by Crippen LogP contribution is -2.13. The van der Waals surface area contributed by atoms with Crippen LogP contribution >= 0.6 is 0 Å². The number of carbonyl (C=O) groups excluding carboxylic acids is 1. The Morgan fingerprint density at radius 3 is 2.63 bits per heavy atom. The van der Waals surface area contributed by atoms with E-state index in [0.717, 1.165) is 24.0 Å². The maximum absolute atomic E-state index is 11.3. The number of primary amides is 1. The molecule has 0 unspecified atom stereocenters. The molecule has 4 N–H and O–H groups in total. The molecule has 19 heavy (non-hydrogen) atoms. The van der Waals surface area contributed by atoms with Crippen LogP contribution in [0.4, 0.5) is 5.69 Å². The quantitative estimate of drug-likeness (QED) is 0.806. The van der Waals surface area contributed by atoms with Gasteiger partial charge in [-0.25, -0.2) is 0 Å². The van der Waals surface area contributed by atoms with Gasteiger partial charge in [0.25, 0.3) is 5.91 Å². The molecule has 0 bridgehead atoms. The van der Waals surface area contributed by atoms with Crippen molar-refractivity contribution >= 4 is 11.6 Å². The van der Waals surface area contributed by atoms with Crippen molar-refractivity contribution in [2.24, 2.45) is 5.73 Å². The summed E-state index contributed by atoms with van der Waals surface area (Å²) in [5.74, 6) is -0.486. The maximum atomic E-state index is 11.3. The maximum Gasteiger partial charge on any atom is 0.250 e. The van der Waals surface area contributed by atoms with Gasteiger partial charge in [-0.05, 0) is 42.0 Å². The Balaban J connectivity index is 2.12. The fraction of sp³-hybridized carbons (Fsp3) is 0.188. The van der Waals surface area contributed by atoms with E-state index in [1.54, 1.807) is 6.07 Å². The molecule has 0 atom stereocenters. The van der Waals surface area contributed by atoms with Crippen molar-refractivity contribution in [1.29, 1.82) is 0 Å². The van der Waals surface area contributed by atoms with Crippen molar-refractivity contribution in [3.05, 3.63) is 53.1 Å². The van der Waals surface area contributed by atoms with Crippen LogP contribution < -0.4 is 11.5 Å². The van der Waals surface area contributed by atoms with Crippen LogP contribution in [0.15, 0.2) is 36.4 Å². The first-order valence-corrected chi connectivity index (χ1v) is 6.47. The molecule has 0 fully saturated rings. The minimum Gasteiger partial charge on any atom is -0.398 e. The Morgan fingerprint density at radius 2 is 1.84 bits per heavy atom. The first kappa shape index (κ1) is 11.8. The smallest absolute Gasteiger partial charge is 0.250 e. The predicted molar refractivity (Wildman–Crippen MR) is 76.8 cm³/mol. The van der Waals surface area contributed by atoms with Crippen molar-refractivity contribution in [2.75, 3.05) is 5.73 Å². The summed E-state index contributed by atoms with van der Waals surface area (Å²) in [6.07, 6.45) is 3.50. The summed E-state index contributed by atoms with van der Waals surface area (Å²) >= 11 is 0. The summed E-state index contributed by atoms with van der Waals surface area (Å²) < 4.78 is 0. The van der Waals surface area contributed by atoms with Gasteiger partial charge in [-0.1, -0.05) is 30.3 Å². The average Bonchev–Trinajstić information content (AvgIpc) is 2.85. The lowest BCUT2D eigenvalue weighted by Gasteiger charge is -2.10. The summed E-state index contributed by atoms with van der Waals surface area (Å²) in [5.41, 5.74) is 17.0. The highest BCUT2D eigenvalue weighted by atomic mass is 16.1. The fourth-order valence-electron chi connectivity index (χ4n) is 2.77. The Bertz CT molecular complexity index is 662. The Morgan fingerprint density at radius 1 is 1.05 bits per heavy atom. The average molecular weight is 252 g/mol. The number of amides is 1. The minimum atomic E-state index is -0.486. The lowest BCUT2D eigenvalue weighted by atomic mass is 9.97. The molecule has 0 saturated carbocycles. The van der Waals surface area contributed by atoms with Gasteiger partial charge in [0.2, 0.25) is 0 Å². The van der Waals surface area contributed by atoms with Crippen molar-refractivity contribution in [3.8, 4) is 11.1 Å². The molecule has 0 aromatic heterocycles. The van der Waals surface area contributed by atoms with Crippen molar-refractivity contribution in [1.82, 2.24) is 0 Å². The van der Waals surface area contributed by atoms with Gasteiger partial charge in [-0.15, -0.1) is 0 Å². The second-order valence-corrected chi connectivity index (χ2v) is 4.97. The highest BCUT2D eigenvalue weighted by Gasteiger charge is 2.14. The first-order chi connectivity index (χ1) is 9.16. The van der Waals surface area contributed by atoms with Gasteiger partial charge in [0.05, 0.1) is 11.3 Å². The number of rotatable bonds is 2. The molecular weight excluding hydrogens is 236 g/mol. The molecule has 3 rings (SSSR count). The number of hydrogen-bond donors (Lipinski definition) is 2. The molecule has 0 aliphatic heterocycles. The zero-order valence-electron chi connectivity index (χ0n) is 10.6. The van der Waals surface area contributed by atoms with Gasteiger partial charge < -0.3 is 11.5 Å². The summed E-state index contributed by atoms with van der Waals surface area (Å²) in [7, 11) is 0. The van der Waals surface area contributed by atoms with Gasteiger partial charge in [0.1, 0.15) is 0 Å². The van der Waals surface area contributed by atoms with Crippen LogP contribution in [0, 0.1) is 0 Å². The lowest BCUT2D eigenvalue weighted by molar-refractivity contribution is 0.100. The van der Waals surface area contributed by atoms with Gasteiger partial charge in [-0.3, -0.25) is 4.79 Å². The molecule has 1 aliphatic carbocycles. The Labute approximate surface area is 112 Å². The Hall–Kier alpha value is -2.29. The van der Waals surface area contributed by atoms with Gasteiger partial charge in [0.15, 0.2) is 0 Å². The van der Waals surface area contributed by atoms with E-state index >= 15 is 0 Å². The van der Waals surface area contributed by atoms with E-state index in [1.165, 1.54) is 17.5 Å². The normalized spacial score (nSPS) is 13.3. The monoisotopic (exact) mass is 252 g/mol. The van der Waals surface area contributed by atoms with Crippen molar-refractivity contribution in [2.45, 2.75) is 19.3 Å². The minimum absolute atomic E-state index is 0.387. The van der Waals surface area contributed by atoms with Crippen LogP contribution in [-0.2, 0) is 12.8 Å². The van der Waals surface area contributed by atoms with Crippen LogP contribution in [-0.4, -0.2) is 5.91 Å². The number of benzene rings is 2. The molecule has 0 saturated heterocycles. The molecule has 96 valence electrons. The second-order valence-electron chi connectivity index (χ2n) is 4.97. The van der Waals surface area contributed by atoms with E-state index < -0.39 is 5.91 Å². The molecule has 0 radical (unpaired) electrons. The number of anilines is 1. The van der Waals surface area contributed by atoms with Crippen LogP contribution in [0.1, 0.15) is 27.9 Å². The summed E-state index contributed by atoms with van der Waals surface area (Å²) in [6.45, 7) is 0. The van der Waals surface area contributed by atoms with Crippen LogP contribution in [0.2, 0.25) is 0 Å². The summed E-state index contributed by atoms with van der Waals surface area (Å²) in [6, 6.07) is 11.8. The third-order valence-corrected chi connectivity index (χ3v) is 3.78. The van der Waals surface area contributed by atoms with Gasteiger partial charge >= 0.3 is 0 Å². The SMILES string of the molecule is NC(=O)c1cccc(-c2ccc3c(c2)CCC3)c1N. The molecule has 2 aromatic carbocycles. The van der Waals surface area contributed by atoms with Crippen LogP contribution in [0.25, 0.3) is 11.1 Å². The van der Waals surface area contributed by atoms with Crippen LogP contribution in [0.3, 0.4) is 0 Å². The number of para-hydroxylation sites is 1. The van der Waals surface area contributed by atoms with Crippen LogP contribution in [0.5, 0.6) is 0 Å². The molecule has 3 heteroatoms. The zero-order valence-corrected chi connectivity index (χ0v) is 10.6. The molecule has 0 heterocycles. The largest absolute Gasteiger partial charge is 0.398 e. The number of aryl methyl sites for hydroxylation is 2. The van der Waals surface area contributed by atoms with Gasteiger partial charge in [0, 0.05) is 5.56 Å². The van der Waals surface area contributed by atoms with E-state index in [1.807, 2.05) is 12.1 Å². The molecule has 1 amide bonds. The van der Waals surface area contributed by atoms with E-state index in [2.05, 4.69) is 18.2 Å². The molecule has 3 nitrogen and oxygen atoms in total. The standard InChI is InChI=1S/C16H16N2O/c17-15-13(5-2-6-14(15)16(18)19)12-8-7-10-3-1-4-11(10)9-12/h2,5-9H,1,3-4,17H2,(H2,18,19). The second kappa shape index (κ2) is 4.43. The van der Waals surface area contributed by atoms with Gasteiger partial charge in [-0.2, -0.15) is 0 Å². The summed E-state index contributed by atoms with van der Waals surface area (Å²) in [4.78, 5) is 11.3. The first-order valence-electron chi connectivity index (χ1n) is 6.47. The van der Waals surface area contributed by atoms with E-state index in [-0.39, 0.29) is 0 Å². The highest BCUT2D eigenvalue weighted by molar-refractivity contribution is 6.01. The fourth-order valence-corrected chi connectivity index (χ4v) is 2.77.